The number of hydrogen-bond donors (Lipinski definition) is 1. The maximum atomic E-state index is 12.6. The number of aromatic nitrogens is 2. The number of benzene rings is 1. The van der Waals surface area contributed by atoms with Crippen LogP contribution >= 0.6 is 11.8 Å². The summed E-state index contributed by atoms with van der Waals surface area (Å²) in [5.41, 5.74) is 1.34. The van der Waals surface area contributed by atoms with E-state index in [4.69, 9.17) is 0 Å². The Balaban J connectivity index is 2.01. The Hall–Kier alpha value is -2.08. The van der Waals surface area contributed by atoms with Crippen molar-refractivity contribution in [1.82, 2.24) is 9.55 Å². The third-order valence-corrected chi connectivity index (χ3v) is 4.87. The molecule has 0 bridgehead atoms. The molecule has 0 aliphatic heterocycles. The predicted molar refractivity (Wildman–Crippen MR) is 102 cm³/mol. The largest absolute Gasteiger partial charge is 0.326 e. The minimum absolute atomic E-state index is 0.0363. The van der Waals surface area contributed by atoms with Gasteiger partial charge in [-0.15, -0.1) is 0 Å². The minimum Gasteiger partial charge on any atom is -0.326 e. The molecule has 0 fully saturated rings. The van der Waals surface area contributed by atoms with Crippen molar-refractivity contribution in [3.8, 4) is 0 Å². The molecule has 0 aliphatic rings. The van der Waals surface area contributed by atoms with Crippen LogP contribution in [0.4, 0.5) is 5.69 Å². The minimum atomic E-state index is -0.228. The fourth-order valence-corrected chi connectivity index (χ4v) is 3.24. The van der Waals surface area contributed by atoms with Crippen LogP contribution in [0.15, 0.2) is 41.8 Å². The number of ketones is 1. The predicted octanol–water partition coefficient (Wildman–Crippen LogP) is 4.25. The number of nitrogens with zero attached hydrogens (tertiary/aromatic N) is 2. The van der Waals surface area contributed by atoms with Gasteiger partial charge in [-0.3, -0.25) is 9.59 Å². The number of carbonyl (C=O) groups excluding carboxylic acids is 2. The van der Waals surface area contributed by atoms with Crippen molar-refractivity contribution in [1.29, 1.82) is 0 Å². The Labute approximate surface area is 153 Å². The average molecular weight is 359 g/mol. The second-order valence-electron chi connectivity index (χ2n) is 6.25. The molecule has 134 valence electrons. The number of rotatable bonds is 8. The molecule has 2 rings (SSSR count). The smallest absolute Gasteiger partial charge is 0.226 e. The van der Waals surface area contributed by atoms with E-state index in [0.29, 0.717) is 11.3 Å². The molecular formula is C19H25N3O2S. The van der Waals surface area contributed by atoms with Crippen molar-refractivity contribution in [2.45, 2.75) is 51.1 Å². The van der Waals surface area contributed by atoms with Gasteiger partial charge in [-0.2, -0.15) is 0 Å². The number of amides is 1. The fraction of sp³-hybridized carbons (Fsp3) is 0.421. The molecule has 5 nitrogen and oxygen atoms in total. The maximum absolute atomic E-state index is 12.6. The van der Waals surface area contributed by atoms with Crippen molar-refractivity contribution in [3.05, 3.63) is 42.2 Å². The highest BCUT2D eigenvalue weighted by Crippen LogP contribution is 2.25. The van der Waals surface area contributed by atoms with Crippen molar-refractivity contribution in [3.63, 3.8) is 0 Å². The van der Waals surface area contributed by atoms with E-state index < -0.39 is 0 Å². The molecule has 0 saturated carbocycles. The van der Waals surface area contributed by atoms with Crippen molar-refractivity contribution >= 4 is 29.1 Å². The molecule has 1 heterocycles. The molecule has 0 spiro atoms. The van der Waals surface area contributed by atoms with Crippen molar-refractivity contribution < 1.29 is 9.59 Å². The first-order valence-electron chi connectivity index (χ1n) is 8.55. The van der Waals surface area contributed by atoms with Gasteiger partial charge in [0.25, 0.3) is 0 Å². The van der Waals surface area contributed by atoms with Gasteiger partial charge in [0.2, 0.25) is 5.91 Å². The van der Waals surface area contributed by atoms with E-state index in [0.717, 1.165) is 18.1 Å². The zero-order chi connectivity index (χ0) is 18.4. The molecule has 0 aliphatic carbocycles. The van der Waals surface area contributed by atoms with E-state index >= 15 is 0 Å². The Morgan fingerprint density at radius 3 is 2.48 bits per heavy atom. The number of nitrogens with one attached hydrogen (secondary N) is 1. The van der Waals surface area contributed by atoms with E-state index in [1.165, 1.54) is 11.8 Å². The lowest BCUT2D eigenvalue weighted by atomic mass is 10.1. The van der Waals surface area contributed by atoms with Gasteiger partial charge in [0, 0.05) is 36.1 Å². The topological polar surface area (TPSA) is 64.0 Å². The Morgan fingerprint density at radius 1 is 1.20 bits per heavy atom. The lowest BCUT2D eigenvalue weighted by Crippen LogP contribution is -2.18. The average Bonchev–Trinajstić information content (AvgIpc) is 3.02. The number of anilines is 1. The Morgan fingerprint density at radius 2 is 1.88 bits per heavy atom. The number of imidazole rings is 1. The normalized spacial score (nSPS) is 12.2. The lowest BCUT2D eigenvalue weighted by molar-refractivity contribution is -0.118. The molecule has 1 amide bonds. The fourth-order valence-electron chi connectivity index (χ4n) is 2.28. The van der Waals surface area contributed by atoms with Crippen LogP contribution in [0.2, 0.25) is 0 Å². The number of hydrogen-bond acceptors (Lipinski definition) is 4. The van der Waals surface area contributed by atoms with Crippen LogP contribution in [0.5, 0.6) is 0 Å². The zero-order valence-corrected chi connectivity index (χ0v) is 16.0. The highest BCUT2D eigenvalue weighted by Gasteiger charge is 2.19. The van der Waals surface area contributed by atoms with Crippen LogP contribution in [-0.2, 0) is 11.3 Å². The first-order chi connectivity index (χ1) is 11.9. The molecule has 1 aromatic heterocycles. The van der Waals surface area contributed by atoms with Crippen LogP contribution in [0.1, 0.15) is 44.5 Å². The third-order valence-electron chi connectivity index (χ3n) is 3.75. The van der Waals surface area contributed by atoms with Gasteiger partial charge in [0.15, 0.2) is 10.9 Å². The summed E-state index contributed by atoms with van der Waals surface area (Å²) in [4.78, 5) is 28.7. The summed E-state index contributed by atoms with van der Waals surface area (Å²) < 4.78 is 2.07. The Bertz CT molecular complexity index is 723. The van der Waals surface area contributed by atoms with Gasteiger partial charge < -0.3 is 9.88 Å². The van der Waals surface area contributed by atoms with Crippen LogP contribution < -0.4 is 5.32 Å². The van der Waals surface area contributed by atoms with E-state index in [1.807, 2.05) is 27.0 Å². The van der Waals surface area contributed by atoms with Crippen molar-refractivity contribution in [2.24, 2.45) is 5.92 Å². The summed E-state index contributed by atoms with van der Waals surface area (Å²) in [7, 11) is 0. The molecule has 1 aromatic carbocycles. The van der Waals surface area contributed by atoms with Gasteiger partial charge >= 0.3 is 0 Å². The second kappa shape index (κ2) is 8.85. The number of thioether (sulfide) groups is 1. The molecule has 1 N–H and O–H groups in total. The molecular weight excluding hydrogens is 334 g/mol. The first kappa shape index (κ1) is 19.2. The Kier molecular flexibility index (Phi) is 6.82. The zero-order valence-electron chi connectivity index (χ0n) is 15.2. The van der Waals surface area contributed by atoms with Gasteiger partial charge in [0.05, 0.1) is 5.25 Å². The van der Waals surface area contributed by atoms with Crippen molar-refractivity contribution in [2.75, 3.05) is 5.32 Å². The molecule has 0 unspecified atom stereocenters. The number of carbonyl (C=O) groups is 2. The summed E-state index contributed by atoms with van der Waals surface area (Å²) in [6.45, 7) is 8.59. The SMILES string of the molecule is CCCn1ccnc1S[C@@H](C)C(=O)c1ccc(NC(=O)C(C)C)cc1. The van der Waals surface area contributed by atoms with E-state index in [-0.39, 0.29) is 22.9 Å². The third kappa shape index (κ3) is 5.19. The monoisotopic (exact) mass is 359 g/mol. The summed E-state index contributed by atoms with van der Waals surface area (Å²) in [6.07, 6.45) is 4.73. The summed E-state index contributed by atoms with van der Waals surface area (Å²) in [5, 5.41) is 3.46. The molecule has 25 heavy (non-hydrogen) atoms. The molecule has 0 radical (unpaired) electrons. The first-order valence-corrected chi connectivity index (χ1v) is 9.43. The summed E-state index contributed by atoms with van der Waals surface area (Å²) in [5.74, 6) is -0.0619. The van der Waals surface area contributed by atoms with Crippen LogP contribution in [-0.4, -0.2) is 26.5 Å². The number of aryl methyl sites for hydroxylation is 1. The lowest BCUT2D eigenvalue weighted by Gasteiger charge is -2.12. The standard InChI is InChI=1S/C19H25N3O2S/c1-5-11-22-12-10-20-19(22)25-14(4)17(23)15-6-8-16(9-7-15)21-18(24)13(2)3/h6-10,12-14H,5,11H2,1-4H3,(H,21,24)/t14-/m0/s1. The van der Waals surface area contributed by atoms with Crippen LogP contribution in [0, 0.1) is 5.92 Å². The van der Waals surface area contributed by atoms with E-state index in [9.17, 15) is 9.59 Å². The molecule has 6 heteroatoms. The number of Topliss-reactive ketones (excluding diaryl/α,β-unsaturated/α-hetero) is 1. The van der Waals surface area contributed by atoms with Gasteiger partial charge in [0.1, 0.15) is 0 Å². The summed E-state index contributed by atoms with van der Waals surface area (Å²) >= 11 is 1.47. The van der Waals surface area contributed by atoms with E-state index in [2.05, 4.69) is 21.8 Å². The molecule has 2 aromatic rings. The molecule has 1 atom stereocenters. The second-order valence-corrected chi connectivity index (χ2v) is 7.56. The van der Waals surface area contributed by atoms with Crippen LogP contribution in [0.3, 0.4) is 0 Å². The van der Waals surface area contributed by atoms with Gasteiger partial charge in [-0.05, 0) is 37.6 Å². The van der Waals surface area contributed by atoms with Crippen LogP contribution in [0.25, 0.3) is 0 Å². The summed E-state index contributed by atoms with van der Waals surface area (Å²) in [6, 6.07) is 7.05. The van der Waals surface area contributed by atoms with E-state index in [1.54, 1.807) is 30.5 Å². The molecule has 0 saturated heterocycles. The highest BCUT2D eigenvalue weighted by atomic mass is 32.2. The van der Waals surface area contributed by atoms with Gasteiger partial charge in [-0.25, -0.2) is 4.98 Å². The highest BCUT2D eigenvalue weighted by molar-refractivity contribution is 8.00. The maximum Gasteiger partial charge on any atom is 0.226 e. The quantitative estimate of drug-likeness (QED) is 0.565. The van der Waals surface area contributed by atoms with Gasteiger partial charge in [-0.1, -0.05) is 32.5 Å².